The first kappa shape index (κ1) is 11.6. The summed E-state index contributed by atoms with van der Waals surface area (Å²) in [6.07, 6.45) is 1.27. The molecule has 0 bridgehead atoms. The van der Waals surface area contributed by atoms with Crippen molar-refractivity contribution >= 4 is 28.1 Å². The Labute approximate surface area is 95.0 Å². The molecule has 0 saturated carbocycles. The highest BCUT2D eigenvalue weighted by Crippen LogP contribution is 2.14. The fourth-order valence-corrected chi connectivity index (χ4v) is 1.39. The monoisotopic (exact) mass is 272 g/mol. The van der Waals surface area contributed by atoms with E-state index in [1.54, 1.807) is 18.2 Å². The van der Waals surface area contributed by atoms with Crippen molar-refractivity contribution in [2.75, 3.05) is 0 Å². The highest BCUT2D eigenvalue weighted by Gasteiger charge is 2.04. The topological polar surface area (TPSA) is 76.8 Å². The number of hydrogen-bond donors (Lipinski definition) is 2. The van der Waals surface area contributed by atoms with Gasteiger partial charge in [0.2, 0.25) is 5.96 Å². The van der Waals surface area contributed by atoms with Gasteiger partial charge in [-0.25, -0.2) is 4.39 Å². The molecule has 0 radical (unpaired) electrons. The number of hydrogen-bond acceptors (Lipinski definition) is 2. The smallest absolute Gasteiger partial charge is 0.211 e. The van der Waals surface area contributed by atoms with E-state index >= 15 is 0 Å². The Morgan fingerprint density at radius 3 is 2.80 bits per heavy atom. The third-order valence-electron chi connectivity index (χ3n) is 1.62. The van der Waals surface area contributed by atoms with Gasteiger partial charge in [0.1, 0.15) is 5.82 Å². The van der Waals surface area contributed by atoms with Crippen LogP contribution in [-0.4, -0.2) is 12.2 Å². The van der Waals surface area contributed by atoms with Crippen molar-refractivity contribution in [3.63, 3.8) is 0 Å². The summed E-state index contributed by atoms with van der Waals surface area (Å²) in [6, 6.07) is 5.01. The Bertz CT molecular complexity index is 399. The number of nitrogens with zero attached hydrogens (tertiary/aromatic N) is 2. The van der Waals surface area contributed by atoms with Crippen molar-refractivity contribution < 1.29 is 4.39 Å². The Balaban J connectivity index is 2.95. The van der Waals surface area contributed by atoms with Crippen LogP contribution in [0, 0.1) is 5.82 Å². The molecule has 1 aromatic rings. The summed E-state index contributed by atoms with van der Waals surface area (Å²) in [6.45, 7) is 0. The molecule has 4 N–H and O–H groups in total. The lowest BCUT2D eigenvalue weighted by Gasteiger charge is -2.00. The molecule has 6 heteroatoms. The fraction of sp³-hybridized carbons (Fsp3) is 0.111. The van der Waals surface area contributed by atoms with Crippen LogP contribution in [0.2, 0.25) is 0 Å². The predicted octanol–water partition coefficient (Wildman–Crippen LogP) is 1.33. The minimum absolute atomic E-state index is 0.164. The molecule has 0 aliphatic heterocycles. The first-order valence-electron chi connectivity index (χ1n) is 4.10. The molecule has 80 valence electrons. The molecule has 0 atom stereocenters. The van der Waals surface area contributed by atoms with Crippen LogP contribution in [0.15, 0.2) is 28.4 Å². The molecule has 0 saturated heterocycles. The van der Waals surface area contributed by atoms with Gasteiger partial charge >= 0.3 is 0 Å². The lowest BCUT2D eigenvalue weighted by Crippen LogP contribution is -2.21. The summed E-state index contributed by atoms with van der Waals surface area (Å²) in [4.78, 5) is 0. The third-order valence-corrected chi connectivity index (χ3v) is 2.23. The molecule has 1 rings (SSSR count). The van der Waals surface area contributed by atoms with E-state index in [1.165, 1.54) is 6.21 Å². The summed E-state index contributed by atoms with van der Waals surface area (Å²) in [7, 11) is 0. The minimum atomic E-state index is -0.330. The highest BCUT2D eigenvalue weighted by atomic mass is 79.9. The Hall–Kier alpha value is -1.43. The lowest BCUT2D eigenvalue weighted by molar-refractivity contribution is 0.616. The maximum atomic E-state index is 13.6. The molecule has 0 unspecified atom stereocenters. The zero-order chi connectivity index (χ0) is 11.3. The zero-order valence-electron chi connectivity index (χ0n) is 7.82. The van der Waals surface area contributed by atoms with E-state index in [9.17, 15) is 4.39 Å². The van der Waals surface area contributed by atoms with E-state index < -0.39 is 0 Å². The second-order valence-corrected chi connectivity index (χ2v) is 3.28. The van der Waals surface area contributed by atoms with Crippen LogP contribution in [-0.2, 0) is 5.33 Å². The van der Waals surface area contributed by atoms with Crippen molar-refractivity contribution in [2.45, 2.75) is 5.33 Å². The Morgan fingerprint density at radius 2 is 2.20 bits per heavy atom. The van der Waals surface area contributed by atoms with Crippen molar-refractivity contribution in [2.24, 2.45) is 21.7 Å². The lowest BCUT2D eigenvalue weighted by atomic mass is 10.1. The van der Waals surface area contributed by atoms with Crippen LogP contribution in [0.1, 0.15) is 11.1 Å². The van der Waals surface area contributed by atoms with Gasteiger partial charge in [0.25, 0.3) is 0 Å². The molecule has 0 heterocycles. The summed E-state index contributed by atoms with van der Waals surface area (Å²) in [5, 5.41) is 7.36. The van der Waals surface area contributed by atoms with Gasteiger partial charge in [-0.3, -0.25) is 0 Å². The maximum Gasteiger partial charge on any atom is 0.211 e. The van der Waals surface area contributed by atoms with Crippen LogP contribution >= 0.6 is 15.9 Å². The predicted molar refractivity (Wildman–Crippen MR) is 62.4 cm³/mol. The van der Waals surface area contributed by atoms with Gasteiger partial charge in [-0.15, -0.1) is 5.10 Å². The molecule has 0 aliphatic rings. The highest BCUT2D eigenvalue weighted by molar-refractivity contribution is 9.08. The van der Waals surface area contributed by atoms with E-state index in [-0.39, 0.29) is 11.8 Å². The standard InChI is InChI=1S/C9H10BrFN4/c10-4-6-2-1-3-7(8(6)11)5-14-15-9(12)13/h1-3,5H,4H2,(H4,12,13,15). The molecule has 15 heavy (non-hydrogen) atoms. The second kappa shape index (κ2) is 5.45. The summed E-state index contributed by atoms with van der Waals surface area (Å²) >= 11 is 3.18. The van der Waals surface area contributed by atoms with E-state index in [2.05, 4.69) is 26.1 Å². The van der Waals surface area contributed by atoms with E-state index in [1.807, 2.05) is 0 Å². The first-order chi connectivity index (χ1) is 7.15. The molecular weight excluding hydrogens is 263 g/mol. The molecule has 0 spiro atoms. The van der Waals surface area contributed by atoms with Gasteiger partial charge in [0, 0.05) is 10.9 Å². The largest absolute Gasteiger partial charge is 0.369 e. The minimum Gasteiger partial charge on any atom is -0.369 e. The van der Waals surface area contributed by atoms with Crippen molar-refractivity contribution in [3.8, 4) is 0 Å². The molecule has 4 nitrogen and oxygen atoms in total. The third kappa shape index (κ3) is 3.32. The van der Waals surface area contributed by atoms with Crippen molar-refractivity contribution in [1.82, 2.24) is 0 Å². The van der Waals surface area contributed by atoms with Crippen LogP contribution in [0.25, 0.3) is 0 Å². The number of rotatable bonds is 3. The first-order valence-corrected chi connectivity index (χ1v) is 5.22. The molecular formula is C9H10BrFN4. The molecule has 0 aromatic heterocycles. The fourth-order valence-electron chi connectivity index (χ4n) is 0.960. The Kier molecular flexibility index (Phi) is 4.23. The number of halogens is 2. The van der Waals surface area contributed by atoms with Gasteiger partial charge in [0.05, 0.1) is 6.21 Å². The summed E-state index contributed by atoms with van der Waals surface area (Å²) in [5.41, 5.74) is 11.0. The summed E-state index contributed by atoms with van der Waals surface area (Å²) < 4.78 is 13.6. The quantitative estimate of drug-likeness (QED) is 0.377. The van der Waals surface area contributed by atoms with Crippen LogP contribution in [0.5, 0.6) is 0 Å². The van der Waals surface area contributed by atoms with Gasteiger partial charge in [-0.2, -0.15) is 5.10 Å². The number of guanidine groups is 1. The second-order valence-electron chi connectivity index (χ2n) is 2.72. The molecule has 1 aromatic carbocycles. The van der Waals surface area contributed by atoms with E-state index in [0.717, 1.165) is 0 Å². The Morgan fingerprint density at radius 1 is 1.47 bits per heavy atom. The number of benzene rings is 1. The molecule has 0 aliphatic carbocycles. The average Bonchev–Trinajstić information content (AvgIpc) is 2.20. The van der Waals surface area contributed by atoms with Crippen molar-refractivity contribution in [3.05, 3.63) is 35.1 Å². The average molecular weight is 273 g/mol. The van der Waals surface area contributed by atoms with Gasteiger partial charge in [0.15, 0.2) is 0 Å². The number of alkyl halides is 1. The number of nitrogens with two attached hydrogens (primary N) is 2. The molecule has 0 amide bonds. The molecule has 0 fully saturated rings. The SMILES string of the molecule is NC(N)=NN=Cc1cccc(CBr)c1F. The van der Waals surface area contributed by atoms with Crippen molar-refractivity contribution in [1.29, 1.82) is 0 Å². The normalized spacial score (nSPS) is 10.5. The van der Waals surface area contributed by atoms with Crippen LogP contribution in [0.3, 0.4) is 0 Å². The van der Waals surface area contributed by atoms with Gasteiger partial charge in [-0.1, -0.05) is 34.1 Å². The van der Waals surface area contributed by atoms with Gasteiger partial charge < -0.3 is 11.5 Å². The zero-order valence-corrected chi connectivity index (χ0v) is 9.41. The van der Waals surface area contributed by atoms with Gasteiger partial charge in [-0.05, 0) is 5.56 Å². The van der Waals surface area contributed by atoms with E-state index in [4.69, 9.17) is 11.5 Å². The van der Waals surface area contributed by atoms with Crippen LogP contribution in [0.4, 0.5) is 4.39 Å². The maximum absolute atomic E-state index is 13.6. The summed E-state index contributed by atoms with van der Waals surface area (Å²) in [5.74, 6) is -0.493. The van der Waals surface area contributed by atoms with E-state index in [0.29, 0.717) is 16.5 Å². The van der Waals surface area contributed by atoms with Crippen LogP contribution < -0.4 is 11.5 Å².